The molecule has 0 radical (unpaired) electrons. The summed E-state index contributed by atoms with van der Waals surface area (Å²) in [5, 5.41) is 4.07. The summed E-state index contributed by atoms with van der Waals surface area (Å²) >= 11 is 0. The zero-order valence-corrected chi connectivity index (χ0v) is 12.9. The van der Waals surface area contributed by atoms with Crippen LogP contribution in [0, 0.1) is 13.8 Å². The number of amides is 1. The van der Waals surface area contributed by atoms with E-state index in [9.17, 15) is 13.2 Å². The molecule has 8 heteroatoms. The summed E-state index contributed by atoms with van der Waals surface area (Å²) in [6.07, 6.45) is 0. The molecule has 7 nitrogen and oxygen atoms in total. The van der Waals surface area contributed by atoms with Crippen molar-refractivity contribution >= 4 is 15.9 Å². The summed E-state index contributed by atoms with van der Waals surface area (Å²) in [5.41, 5.74) is 0.950. The molecule has 0 spiro atoms. The van der Waals surface area contributed by atoms with Crippen LogP contribution >= 0.6 is 0 Å². The number of aromatic nitrogens is 2. The summed E-state index contributed by atoms with van der Waals surface area (Å²) in [6.45, 7) is 4.81. The van der Waals surface area contributed by atoms with E-state index in [0.29, 0.717) is 11.4 Å². The number of carbonyl (C=O) groups excluding carboxylic acids is 1. The molecule has 0 aliphatic carbocycles. The molecule has 1 amide bonds. The molecule has 1 rings (SSSR count). The Kier molecular flexibility index (Phi) is 4.36. The minimum atomic E-state index is -3.76. The van der Waals surface area contributed by atoms with Gasteiger partial charge in [0.1, 0.15) is 4.90 Å². The monoisotopic (exact) mass is 288 g/mol. The van der Waals surface area contributed by atoms with Gasteiger partial charge in [-0.25, -0.2) is 8.42 Å². The molecule has 0 aliphatic heterocycles. The van der Waals surface area contributed by atoms with Gasteiger partial charge in [-0.05, 0) is 20.8 Å². The third kappa shape index (κ3) is 3.13. The Morgan fingerprint density at radius 3 is 2.26 bits per heavy atom. The first kappa shape index (κ1) is 15.6. The van der Waals surface area contributed by atoms with Crippen molar-refractivity contribution in [3.8, 4) is 0 Å². The molecule has 0 saturated heterocycles. The molecule has 0 aliphatic rings. The second-order valence-corrected chi connectivity index (χ2v) is 6.35. The average Bonchev–Trinajstić information content (AvgIpc) is 2.51. The molecule has 1 unspecified atom stereocenters. The van der Waals surface area contributed by atoms with Crippen LogP contribution in [0.3, 0.4) is 0 Å². The maximum absolute atomic E-state index is 12.3. The van der Waals surface area contributed by atoms with Crippen LogP contribution < -0.4 is 4.72 Å². The smallest absolute Gasteiger partial charge is 0.244 e. The Labute approximate surface area is 113 Å². The average molecular weight is 288 g/mol. The van der Waals surface area contributed by atoms with E-state index in [1.54, 1.807) is 35.0 Å². The zero-order valence-electron chi connectivity index (χ0n) is 12.1. The largest absolute Gasteiger partial charge is 0.347 e. The summed E-state index contributed by atoms with van der Waals surface area (Å²) in [6, 6.07) is -0.820. The Bertz CT molecular complexity index is 589. The van der Waals surface area contributed by atoms with Gasteiger partial charge in [0.25, 0.3) is 0 Å². The highest BCUT2D eigenvalue weighted by Crippen LogP contribution is 2.18. The van der Waals surface area contributed by atoms with Crippen molar-refractivity contribution in [3.63, 3.8) is 0 Å². The fourth-order valence-electron chi connectivity index (χ4n) is 1.87. The van der Waals surface area contributed by atoms with Crippen molar-refractivity contribution in [1.29, 1.82) is 0 Å². The van der Waals surface area contributed by atoms with E-state index >= 15 is 0 Å². The van der Waals surface area contributed by atoms with Gasteiger partial charge in [-0.3, -0.25) is 9.48 Å². The molecule has 1 aromatic rings. The summed E-state index contributed by atoms with van der Waals surface area (Å²) < 4.78 is 28.5. The molecule has 1 heterocycles. The SMILES string of the molecule is Cc1nn(C)c(C)c1S(=O)(=O)NC(C)C(=O)N(C)C. The number of sulfonamides is 1. The molecule has 0 saturated carbocycles. The van der Waals surface area contributed by atoms with Crippen LogP contribution in [0.5, 0.6) is 0 Å². The predicted molar refractivity (Wildman–Crippen MR) is 71.2 cm³/mol. The molecule has 19 heavy (non-hydrogen) atoms. The molecule has 0 fully saturated rings. The van der Waals surface area contributed by atoms with Crippen LogP contribution in [-0.4, -0.2) is 49.1 Å². The maximum atomic E-state index is 12.3. The lowest BCUT2D eigenvalue weighted by atomic mass is 10.3. The number of hydrogen-bond acceptors (Lipinski definition) is 4. The molecule has 0 aromatic carbocycles. The van der Waals surface area contributed by atoms with Crippen molar-refractivity contribution in [1.82, 2.24) is 19.4 Å². The highest BCUT2D eigenvalue weighted by atomic mass is 32.2. The zero-order chi connectivity index (χ0) is 15.0. The molecule has 1 N–H and O–H groups in total. The van der Waals surface area contributed by atoms with E-state index < -0.39 is 16.1 Å². The Balaban J connectivity index is 3.09. The van der Waals surface area contributed by atoms with Gasteiger partial charge in [0, 0.05) is 21.1 Å². The minimum Gasteiger partial charge on any atom is -0.347 e. The molecule has 108 valence electrons. The van der Waals surface area contributed by atoms with Gasteiger partial charge >= 0.3 is 0 Å². The van der Waals surface area contributed by atoms with Gasteiger partial charge in [-0.1, -0.05) is 0 Å². The minimum absolute atomic E-state index is 0.133. The van der Waals surface area contributed by atoms with Gasteiger partial charge in [0.15, 0.2) is 0 Å². The third-order valence-electron chi connectivity index (χ3n) is 2.85. The number of likely N-dealkylation sites (N-methyl/N-ethyl adjacent to an activating group) is 1. The highest BCUT2D eigenvalue weighted by Gasteiger charge is 2.28. The van der Waals surface area contributed by atoms with Crippen molar-refractivity contribution in [2.24, 2.45) is 7.05 Å². The van der Waals surface area contributed by atoms with Crippen molar-refractivity contribution < 1.29 is 13.2 Å². The lowest BCUT2D eigenvalue weighted by Gasteiger charge is -2.18. The topological polar surface area (TPSA) is 84.3 Å². The van der Waals surface area contributed by atoms with E-state index in [1.807, 2.05) is 0 Å². The molecule has 1 aromatic heterocycles. The number of nitrogens with zero attached hydrogens (tertiary/aromatic N) is 3. The lowest BCUT2D eigenvalue weighted by molar-refractivity contribution is -0.130. The molecular formula is C11H20N4O3S. The van der Waals surface area contributed by atoms with Gasteiger partial charge in [0.05, 0.1) is 17.4 Å². The van der Waals surface area contributed by atoms with Crippen LogP contribution in [0.25, 0.3) is 0 Å². The second kappa shape index (κ2) is 5.30. The summed E-state index contributed by atoms with van der Waals surface area (Å²) in [7, 11) is 1.07. The Hall–Kier alpha value is -1.41. The fraction of sp³-hybridized carbons (Fsp3) is 0.636. The van der Waals surface area contributed by atoms with Crippen molar-refractivity contribution in [3.05, 3.63) is 11.4 Å². The summed E-state index contributed by atoms with van der Waals surface area (Å²) in [4.78, 5) is 13.2. The highest BCUT2D eigenvalue weighted by molar-refractivity contribution is 7.89. The normalized spacial score (nSPS) is 13.4. The van der Waals surface area contributed by atoms with Crippen LogP contribution in [0.15, 0.2) is 4.90 Å². The third-order valence-corrected chi connectivity index (χ3v) is 4.65. The number of aryl methyl sites for hydroxylation is 2. The van der Waals surface area contributed by atoms with Crippen LogP contribution in [0.2, 0.25) is 0 Å². The van der Waals surface area contributed by atoms with E-state index in [4.69, 9.17) is 0 Å². The van der Waals surface area contributed by atoms with Gasteiger partial charge in [-0.15, -0.1) is 0 Å². The quantitative estimate of drug-likeness (QED) is 0.831. The standard InChI is InChI=1S/C11H20N4O3S/c1-7-10(9(3)15(6)12-7)19(17,18)13-8(2)11(16)14(4)5/h8,13H,1-6H3. The van der Waals surface area contributed by atoms with E-state index in [-0.39, 0.29) is 10.8 Å². The first-order valence-electron chi connectivity index (χ1n) is 5.81. The summed E-state index contributed by atoms with van der Waals surface area (Å²) in [5.74, 6) is -0.303. The van der Waals surface area contributed by atoms with Crippen LogP contribution in [-0.2, 0) is 21.9 Å². The first-order chi connectivity index (χ1) is 8.58. The second-order valence-electron chi connectivity index (χ2n) is 4.70. The number of nitrogens with one attached hydrogen (secondary N) is 1. The predicted octanol–water partition coefficient (Wildman–Crippen LogP) is -0.208. The van der Waals surface area contributed by atoms with E-state index in [0.717, 1.165) is 0 Å². The Morgan fingerprint density at radius 2 is 1.89 bits per heavy atom. The Morgan fingerprint density at radius 1 is 1.37 bits per heavy atom. The van der Waals surface area contributed by atoms with Gasteiger partial charge in [0.2, 0.25) is 15.9 Å². The lowest BCUT2D eigenvalue weighted by Crippen LogP contribution is -2.44. The van der Waals surface area contributed by atoms with Crippen LogP contribution in [0.4, 0.5) is 0 Å². The van der Waals surface area contributed by atoms with Crippen LogP contribution in [0.1, 0.15) is 18.3 Å². The van der Waals surface area contributed by atoms with Gasteiger partial charge < -0.3 is 4.90 Å². The first-order valence-corrected chi connectivity index (χ1v) is 7.30. The number of hydrogen-bond donors (Lipinski definition) is 1. The van der Waals surface area contributed by atoms with Gasteiger partial charge in [-0.2, -0.15) is 9.82 Å². The maximum Gasteiger partial charge on any atom is 0.244 e. The molecule has 1 atom stereocenters. The van der Waals surface area contributed by atoms with E-state index in [2.05, 4.69) is 9.82 Å². The number of carbonyl (C=O) groups is 1. The van der Waals surface area contributed by atoms with E-state index in [1.165, 1.54) is 16.5 Å². The van der Waals surface area contributed by atoms with Crippen molar-refractivity contribution in [2.45, 2.75) is 31.7 Å². The number of rotatable bonds is 4. The molecule has 0 bridgehead atoms. The molecular weight excluding hydrogens is 268 g/mol. The fourth-order valence-corrected chi connectivity index (χ4v) is 3.51. The van der Waals surface area contributed by atoms with Crippen molar-refractivity contribution in [2.75, 3.05) is 14.1 Å².